The Kier molecular flexibility index (Phi) is 5.11. The number of nitrogens with one attached hydrogen (secondary N) is 2. The first-order valence-corrected chi connectivity index (χ1v) is 8.56. The number of halogens is 1. The second kappa shape index (κ2) is 6.26. The minimum Gasteiger partial charge on any atom is -0.316 e. The average Bonchev–Trinajstić information content (AvgIpc) is 3.05. The highest BCUT2D eigenvalue weighted by Gasteiger charge is 2.43. The summed E-state index contributed by atoms with van der Waals surface area (Å²) in [6, 6.07) is 0.278. The topological polar surface area (TPSA) is 61.4 Å². The number of hydrogen-bond donors (Lipinski definition) is 2. The van der Waals surface area contributed by atoms with Crippen LogP contribution in [-0.4, -0.2) is 44.9 Å². The normalized spacial score (nSPS) is 34.6. The van der Waals surface area contributed by atoms with E-state index in [1.54, 1.807) is 4.31 Å². The maximum absolute atomic E-state index is 12.2. The quantitative estimate of drug-likeness (QED) is 0.787. The lowest BCUT2D eigenvalue weighted by molar-refractivity contribution is 0.328. The minimum atomic E-state index is -3.22. The molecule has 19 heavy (non-hydrogen) atoms. The van der Waals surface area contributed by atoms with E-state index in [0.717, 1.165) is 38.9 Å². The highest BCUT2D eigenvalue weighted by atomic mass is 35.5. The molecule has 112 valence electrons. The molecule has 0 amide bonds. The van der Waals surface area contributed by atoms with E-state index < -0.39 is 10.2 Å². The van der Waals surface area contributed by atoms with Gasteiger partial charge >= 0.3 is 0 Å². The van der Waals surface area contributed by atoms with Gasteiger partial charge in [-0.1, -0.05) is 0 Å². The monoisotopic (exact) mass is 309 g/mol. The van der Waals surface area contributed by atoms with Crippen LogP contribution in [0.2, 0.25) is 0 Å². The zero-order valence-corrected chi connectivity index (χ0v) is 12.8. The van der Waals surface area contributed by atoms with Gasteiger partial charge in [0.25, 0.3) is 10.2 Å². The third-order valence-electron chi connectivity index (χ3n) is 4.67. The second-order valence-corrected chi connectivity index (χ2v) is 7.66. The van der Waals surface area contributed by atoms with Gasteiger partial charge in [0.1, 0.15) is 0 Å². The number of hydrogen-bond acceptors (Lipinski definition) is 3. The lowest BCUT2D eigenvalue weighted by Crippen LogP contribution is -2.45. The standard InChI is InChI=1S/C12H23N3O2S.ClH/c16-18(17,14-6-4-10-3-5-13-8-10)15-9-11-1-2-12(15)7-11;/h10-14H,1-9H2;1H. The number of rotatable bonds is 5. The van der Waals surface area contributed by atoms with Gasteiger partial charge in [0.2, 0.25) is 0 Å². The molecule has 0 spiro atoms. The van der Waals surface area contributed by atoms with E-state index in [2.05, 4.69) is 10.0 Å². The molecule has 5 nitrogen and oxygen atoms in total. The van der Waals surface area contributed by atoms with Gasteiger partial charge in [-0.05, 0) is 57.0 Å². The molecule has 2 heterocycles. The Labute approximate surface area is 122 Å². The third-order valence-corrected chi connectivity index (χ3v) is 6.30. The van der Waals surface area contributed by atoms with E-state index in [0.29, 0.717) is 18.4 Å². The van der Waals surface area contributed by atoms with Crippen LogP contribution in [0.25, 0.3) is 0 Å². The summed E-state index contributed by atoms with van der Waals surface area (Å²) in [5.41, 5.74) is 0. The zero-order valence-electron chi connectivity index (χ0n) is 11.2. The average molecular weight is 310 g/mol. The first kappa shape index (κ1) is 15.5. The van der Waals surface area contributed by atoms with Gasteiger partial charge in [-0.2, -0.15) is 12.7 Å². The van der Waals surface area contributed by atoms with Crippen LogP contribution in [0.4, 0.5) is 0 Å². The molecule has 2 bridgehead atoms. The van der Waals surface area contributed by atoms with Crippen molar-refractivity contribution in [1.82, 2.24) is 14.3 Å². The summed E-state index contributed by atoms with van der Waals surface area (Å²) < 4.78 is 28.9. The first-order valence-electron chi connectivity index (χ1n) is 7.12. The summed E-state index contributed by atoms with van der Waals surface area (Å²) in [6.45, 7) is 3.44. The summed E-state index contributed by atoms with van der Waals surface area (Å²) in [5.74, 6) is 1.26. The van der Waals surface area contributed by atoms with Crippen LogP contribution in [0.1, 0.15) is 32.1 Å². The molecule has 0 aromatic rings. The van der Waals surface area contributed by atoms with E-state index in [-0.39, 0.29) is 18.4 Å². The molecule has 0 aromatic carbocycles. The van der Waals surface area contributed by atoms with Crippen molar-refractivity contribution in [2.75, 3.05) is 26.2 Å². The molecule has 2 saturated heterocycles. The highest BCUT2D eigenvalue weighted by Crippen LogP contribution is 2.38. The molecule has 1 saturated carbocycles. The number of nitrogens with zero attached hydrogens (tertiary/aromatic N) is 1. The van der Waals surface area contributed by atoms with Gasteiger partial charge in [0.15, 0.2) is 0 Å². The molecule has 3 atom stereocenters. The molecular weight excluding hydrogens is 286 g/mol. The van der Waals surface area contributed by atoms with Crippen molar-refractivity contribution in [3.05, 3.63) is 0 Å². The highest BCUT2D eigenvalue weighted by molar-refractivity contribution is 7.87. The summed E-state index contributed by atoms with van der Waals surface area (Å²) in [5, 5.41) is 3.31. The van der Waals surface area contributed by atoms with E-state index in [1.807, 2.05) is 0 Å². The van der Waals surface area contributed by atoms with Gasteiger partial charge in [-0.3, -0.25) is 0 Å². The maximum atomic E-state index is 12.2. The zero-order chi connectivity index (χ0) is 12.6. The van der Waals surface area contributed by atoms with Crippen LogP contribution in [0.5, 0.6) is 0 Å². The lowest BCUT2D eigenvalue weighted by atomic mass is 10.1. The van der Waals surface area contributed by atoms with Crippen molar-refractivity contribution in [3.8, 4) is 0 Å². The Morgan fingerprint density at radius 3 is 2.68 bits per heavy atom. The van der Waals surface area contributed by atoms with Crippen LogP contribution < -0.4 is 10.0 Å². The van der Waals surface area contributed by atoms with Crippen LogP contribution in [-0.2, 0) is 10.2 Å². The van der Waals surface area contributed by atoms with E-state index in [1.165, 1.54) is 12.8 Å². The Morgan fingerprint density at radius 2 is 2.11 bits per heavy atom. The fourth-order valence-corrected chi connectivity index (χ4v) is 5.14. The Bertz CT molecular complexity index is 398. The molecule has 3 unspecified atom stereocenters. The largest absolute Gasteiger partial charge is 0.316 e. The van der Waals surface area contributed by atoms with Crippen LogP contribution >= 0.6 is 12.4 Å². The molecular formula is C12H24ClN3O2S. The van der Waals surface area contributed by atoms with E-state index in [9.17, 15) is 8.42 Å². The SMILES string of the molecule is Cl.O=S(=O)(NCCC1CCNC1)N1CC2CCC1C2. The Hall–Kier alpha value is 0.120. The van der Waals surface area contributed by atoms with Gasteiger partial charge in [0, 0.05) is 19.1 Å². The summed E-state index contributed by atoms with van der Waals surface area (Å²) in [7, 11) is -3.22. The van der Waals surface area contributed by atoms with Gasteiger partial charge in [0.05, 0.1) is 0 Å². The van der Waals surface area contributed by atoms with Crippen LogP contribution in [0, 0.1) is 11.8 Å². The van der Waals surface area contributed by atoms with Crippen molar-refractivity contribution in [3.63, 3.8) is 0 Å². The second-order valence-electron chi connectivity index (χ2n) is 5.95. The molecule has 3 aliphatic rings. The van der Waals surface area contributed by atoms with Crippen LogP contribution in [0.3, 0.4) is 0 Å². The summed E-state index contributed by atoms with van der Waals surface area (Å²) >= 11 is 0. The Morgan fingerprint density at radius 1 is 1.26 bits per heavy atom. The molecule has 0 radical (unpaired) electrons. The van der Waals surface area contributed by atoms with Crippen molar-refractivity contribution in [2.24, 2.45) is 11.8 Å². The van der Waals surface area contributed by atoms with E-state index in [4.69, 9.17) is 0 Å². The molecule has 2 N–H and O–H groups in total. The smallest absolute Gasteiger partial charge is 0.279 e. The van der Waals surface area contributed by atoms with Gasteiger partial charge in [-0.15, -0.1) is 12.4 Å². The number of piperidine rings is 1. The predicted octanol–water partition coefficient (Wildman–Crippen LogP) is 0.726. The fraction of sp³-hybridized carbons (Fsp3) is 1.00. The number of fused-ring (bicyclic) bond motifs is 2. The summed E-state index contributed by atoms with van der Waals surface area (Å²) in [6.07, 6.45) is 5.47. The van der Waals surface area contributed by atoms with Gasteiger partial charge < -0.3 is 5.32 Å². The minimum absolute atomic E-state index is 0. The van der Waals surface area contributed by atoms with Crippen molar-refractivity contribution in [2.45, 2.75) is 38.1 Å². The van der Waals surface area contributed by atoms with E-state index >= 15 is 0 Å². The molecule has 0 aromatic heterocycles. The van der Waals surface area contributed by atoms with Crippen molar-refractivity contribution < 1.29 is 8.42 Å². The first-order chi connectivity index (χ1) is 8.65. The molecule has 1 aliphatic carbocycles. The maximum Gasteiger partial charge on any atom is 0.279 e. The van der Waals surface area contributed by atoms with Crippen molar-refractivity contribution >= 4 is 22.6 Å². The molecule has 3 rings (SSSR count). The molecule has 2 aliphatic heterocycles. The Balaban J connectivity index is 0.00000133. The van der Waals surface area contributed by atoms with Crippen LogP contribution in [0.15, 0.2) is 0 Å². The molecule has 3 fully saturated rings. The summed E-state index contributed by atoms with van der Waals surface area (Å²) in [4.78, 5) is 0. The molecule has 7 heteroatoms. The third kappa shape index (κ3) is 3.42. The lowest BCUT2D eigenvalue weighted by Gasteiger charge is -2.26. The fourth-order valence-electron chi connectivity index (χ4n) is 3.61. The van der Waals surface area contributed by atoms with Gasteiger partial charge in [-0.25, -0.2) is 4.72 Å². The predicted molar refractivity (Wildman–Crippen MR) is 77.6 cm³/mol. The van der Waals surface area contributed by atoms with Crippen molar-refractivity contribution in [1.29, 1.82) is 0 Å².